The molecule has 0 radical (unpaired) electrons. The molecule has 1 atom stereocenters. The van der Waals surface area contributed by atoms with E-state index in [0.717, 1.165) is 4.31 Å². The largest absolute Gasteiger partial charge is 0.466 e. The fourth-order valence-electron chi connectivity index (χ4n) is 2.95. The summed E-state index contributed by atoms with van der Waals surface area (Å²) in [5.74, 6) is -0.978. The molecule has 1 aliphatic rings. The van der Waals surface area contributed by atoms with E-state index in [1.807, 2.05) is 0 Å². The molecule has 1 aromatic rings. The second-order valence-corrected chi connectivity index (χ2v) is 7.55. The smallest absolute Gasteiger partial charge is 0.333 e. The summed E-state index contributed by atoms with van der Waals surface area (Å²) in [4.78, 5) is 11.7. The van der Waals surface area contributed by atoms with Gasteiger partial charge in [-0.05, 0) is 33.6 Å². The Bertz CT molecular complexity index is 718. The third-order valence-corrected chi connectivity index (χ3v) is 6.16. The van der Waals surface area contributed by atoms with Gasteiger partial charge in [-0.3, -0.25) is 4.79 Å². The molecule has 7 nitrogen and oxygen atoms in total. The molecule has 0 N–H and O–H groups in total. The predicted octanol–water partition coefficient (Wildman–Crippen LogP) is 1.86. The summed E-state index contributed by atoms with van der Waals surface area (Å²) in [5, 5.41) is 3.62. The number of piperidine rings is 1. The number of carbonyl (C=O) groups excluding carboxylic acids is 1. The Labute approximate surface area is 139 Å². The van der Waals surface area contributed by atoms with Crippen LogP contribution >= 0.6 is 0 Å². The molecule has 2 rings (SSSR count). The van der Waals surface area contributed by atoms with E-state index in [0.29, 0.717) is 17.5 Å². The summed E-state index contributed by atoms with van der Waals surface area (Å²) in [6, 6.07) is 0. The Morgan fingerprint density at radius 3 is 2.62 bits per heavy atom. The Balaban J connectivity index is 2.32. The second-order valence-electron chi connectivity index (χ2n) is 5.68. The number of aromatic nitrogens is 2. The van der Waals surface area contributed by atoms with E-state index in [9.17, 15) is 22.0 Å². The lowest BCUT2D eigenvalue weighted by Crippen LogP contribution is -2.43. The van der Waals surface area contributed by atoms with Crippen LogP contribution in [0.25, 0.3) is 0 Å². The maximum Gasteiger partial charge on any atom is 0.333 e. The Hall–Kier alpha value is -1.55. The molecule has 0 amide bonds. The summed E-state index contributed by atoms with van der Waals surface area (Å²) in [6.07, 6.45) is 1.04. The molecule has 1 aromatic heterocycles. The number of sulfonamides is 1. The fraction of sp³-hybridized carbons (Fsp3) is 0.714. The molecule has 136 valence electrons. The Morgan fingerprint density at radius 2 is 2.08 bits per heavy atom. The SMILES string of the molecule is CCOC(=O)[C@@H]1CCCN(S(=O)(=O)c2c(C)nn(C(F)F)c2C)C1. The monoisotopic (exact) mass is 365 g/mol. The van der Waals surface area contributed by atoms with Gasteiger partial charge in [0.15, 0.2) is 0 Å². The highest BCUT2D eigenvalue weighted by atomic mass is 32.2. The minimum atomic E-state index is -4.01. The van der Waals surface area contributed by atoms with Crippen molar-refractivity contribution < 1.29 is 26.7 Å². The number of carbonyl (C=O) groups is 1. The van der Waals surface area contributed by atoms with Crippen molar-refractivity contribution in [1.82, 2.24) is 14.1 Å². The van der Waals surface area contributed by atoms with Gasteiger partial charge in [0, 0.05) is 13.1 Å². The number of nitrogens with zero attached hydrogens (tertiary/aromatic N) is 3. The topological polar surface area (TPSA) is 81.5 Å². The molecule has 0 saturated carbocycles. The first kappa shape index (κ1) is 18.8. The molecule has 24 heavy (non-hydrogen) atoms. The maximum absolute atomic E-state index is 12.9. The van der Waals surface area contributed by atoms with Crippen molar-refractivity contribution in [2.24, 2.45) is 5.92 Å². The van der Waals surface area contributed by atoms with Crippen LogP contribution < -0.4 is 0 Å². The lowest BCUT2D eigenvalue weighted by Gasteiger charge is -2.30. The van der Waals surface area contributed by atoms with Crippen LogP contribution in [0.4, 0.5) is 8.78 Å². The molecule has 0 unspecified atom stereocenters. The van der Waals surface area contributed by atoms with Gasteiger partial charge in [0.1, 0.15) is 4.90 Å². The molecule has 0 aromatic carbocycles. The number of hydrogen-bond acceptors (Lipinski definition) is 5. The summed E-state index contributed by atoms with van der Waals surface area (Å²) in [5.41, 5.74) is -0.0909. The lowest BCUT2D eigenvalue weighted by molar-refractivity contribution is -0.149. The molecule has 0 bridgehead atoms. The van der Waals surface area contributed by atoms with E-state index >= 15 is 0 Å². The molecule has 1 saturated heterocycles. The molecule has 0 aliphatic carbocycles. The minimum Gasteiger partial charge on any atom is -0.466 e. The Morgan fingerprint density at radius 1 is 1.42 bits per heavy atom. The second kappa shape index (κ2) is 7.14. The van der Waals surface area contributed by atoms with Crippen LogP contribution in [0.3, 0.4) is 0 Å². The molecule has 0 spiro atoms. The molecule has 10 heteroatoms. The molecular weight excluding hydrogens is 344 g/mol. The first-order chi connectivity index (χ1) is 11.2. The van der Waals surface area contributed by atoms with Gasteiger partial charge in [-0.15, -0.1) is 0 Å². The van der Waals surface area contributed by atoms with Gasteiger partial charge in [-0.1, -0.05) is 0 Å². The quantitative estimate of drug-likeness (QED) is 0.744. The summed E-state index contributed by atoms with van der Waals surface area (Å²) in [7, 11) is -4.01. The van der Waals surface area contributed by atoms with Crippen molar-refractivity contribution in [2.45, 2.75) is 45.1 Å². The minimum absolute atomic E-state index is 0.0140. The number of alkyl halides is 2. The van der Waals surface area contributed by atoms with Gasteiger partial charge >= 0.3 is 12.5 Å². The third kappa shape index (κ3) is 3.44. The number of hydrogen-bond donors (Lipinski definition) is 0. The standard InChI is InChI=1S/C14H21F2N3O4S/c1-4-23-13(20)11-6-5-7-18(8-11)24(21,22)12-9(2)17-19(10(12)3)14(15)16/h11,14H,4-8H2,1-3H3/t11-/m1/s1. The zero-order chi connectivity index (χ0) is 18.1. The van der Waals surface area contributed by atoms with Crippen LogP contribution in [0.5, 0.6) is 0 Å². The Kier molecular flexibility index (Phi) is 5.59. The van der Waals surface area contributed by atoms with Crippen LogP contribution in [0.1, 0.15) is 37.7 Å². The van der Waals surface area contributed by atoms with E-state index < -0.39 is 28.5 Å². The van der Waals surface area contributed by atoms with Crippen molar-refractivity contribution in [2.75, 3.05) is 19.7 Å². The summed E-state index contributed by atoms with van der Waals surface area (Å²) < 4.78 is 58.1. The van der Waals surface area contributed by atoms with Crippen LogP contribution in [0, 0.1) is 19.8 Å². The normalized spacial score (nSPS) is 19.7. The predicted molar refractivity (Wildman–Crippen MR) is 81.1 cm³/mol. The zero-order valence-corrected chi connectivity index (χ0v) is 14.6. The fourth-order valence-corrected chi connectivity index (χ4v) is 4.84. The van der Waals surface area contributed by atoms with Crippen molar-refractivity contribution in [3.63, 3.8) is 0 Å². The highest BCUT2D eigenvalue weighted by molar-refractivity contribution is 7.89. The first-order valence-corrected chi connectivity index (χ1v) is 9.14. The average molecular weight is 365 g/mol. The summed E-state index contributed by atoms with van der Waals surface area (Å²) >= 11 is 0. The number of aryl methyl sites for hydroxylation is 1. The number of ether oxygens (including phenoxy) is 1. The van der Waals surface area contributed by atoms with Crippen LogP contribution in [0.2, 0.25) is 0 Å². The van der Waals surface area contributed by atoms with Crippen LogP contribution in [-0.2, 0) is 19.6 Å². The third-order valence-electron chi connectivity index (χ3n) is 4.05. The van der Waals surface area contributed by atoms with E-state index in [2.05, 4.69) is 5.10 Å². The van der Waals surface area contributed by atoms with Crippen molar-refractivity contribution in [3.05, 3.63) is 11.4 Å². The molecule has 2 heterocycles. The van der Waals surface area contributed by atoms with Crippen LogP contribution in [0.15, 0.2) is 4.90 Å². The number of rotatable bonds is 5. The van der Waals surface area contributed by atoms with Crippen molar-refractivity contribution in [1.29, 1.82) is 0 Å². The maximum atomic E-state index is 12.9. The molecule has 1 aliphatic heterocycles. The van der Waals surface area contributed by atoms with Gasteiger partial charge in [0.05, 0.1) is 23.9 Å². The summed E-state index contributed by atoms with van der Waals surface area (Å²) in [6.45, 7) is 1.89. The van der Waals surface area contributed by atoms with E-state index in [1.54, 1.807) is 6.92 Å². The number of esters is 1. The highest BCUT2D eigenvalue weighted by Crippen LogP contribution is 2.29. The highest BCUT2D eigenvalue weighted by Gasteiger charge is 2.37. The average Bonchev–Trinajstić information content (AvgIpc) is 2.83. The zero-order valence-electron chi connectivity index (χ0n) is 13.8. The van der Waals surface area contributed by atoms with Crippen LogP contribution in [-0.4, -0.2) is 48.2 Å². The van der Waals surface area contributed by atoms with Gasteiger partial charge in [0.25, 0.3) is 0 Å². The number of halogens is 2. The molecular formula is C14H21F2N3O4S. The van der Waals surface area contributed by atoms with Gasteiger partial charge < -0.3 is 4.74 Å². The van der Waals surface area contributed by atoms with Gasteiger partial charge in [-0.25, -0.2) is 13.1 Å². The lowest BCUT2D eigenvalue weighted by atomic mass is 10.0. The van der Waals surface area contributed by atoms with Crippen molar-refractivity contribution in [3.8, 4) is 0 Å². The van der Waals surface area contributed by atoms with Gasteiger partial charge in [0.2, 0.25) is 10.0 Å². The van der Waals surface area contributed by atoms with Gasteiger partial charge in [-0.2, -0.15) is 18.2 Å². The van der Waals surface area contributed by atoms with Crippen molar-refractivity contribution >= 4 is 16.0 Å². The molecule has 1 fully saturated rings. The van der Waals surface area contributed by atoms with E-state index in [-0.39, 0.29) is 36.0 Å². The first-order valence-electron chi connectivity index (χ1n) is 7.70. The van der Waals surface area contributed by atoms with E-state index in [4.69, 9.17) is 4.74 Å². The van der Waals surface area contributed by atoms with E-state index in [1.165, 1.54) is 13.8 Å².